The van der Waals surface area contributed by atoms with Gasteiger partial charge < -0.3 is 25.2 Å². The van der Waals surface area contributed by atoms with Gasteiger partial charge in [0.25, 0.3) is 5.91 Å². The third kappa shape index (κ3) is 7.59. The SMILES string of the molecule is CN1C(=O)[C@H](NC(=O)[C@@H](Cc2ccccc2F)NC(=O)OC(C)(C)C)CN(CC(F)(F)F)c2ccccc21. The minimum Gasteiger partial charge on any atom is -0.444 e. The molecule has 206 valence electrons. The van der Waals surface area contributed by atoms with E-state index in [1.54, 1.807) is 39.0 Å². The Labute approximate surface area is 217 Å². The number of nitrogens with zero attached hydrogens (tertiary/aromatic N) is 2. The molecule has 0 unspecified atom stereocenters. The lowest BCUT2D eigenvalue weighted by atomic mass is 10.0. The van der Waals surface area contributed by atoms with Crippen LogP contribution in [0.5, 0.6) is 0 Å². The molecule has 3 amide bonds. The summed E-state index contributed by atoms with van der Waals surface area (Å²) in [6, 6.07) is 8.95. The number of ether oxygens (including phenoxy) is 1. The number of rotatable bonds is 6. The fourth-order valence-electron chi connectivity index (χ4n) is 4.05. The van der Waals surface area contributed by atoms with Gasteiger partial charge in [0.2, 0.25) is 5.91 Å². The second kappa shape index (κ2) is 11.3. The smallest absolute Gasteiger partial charge is 0.408 e. The summed E-state index contributed by atoms with van der Waals surface area (Å²) in [7, 11) is 1.40. The molecule has 38 heavy (non-hydrogen) atoms. The van der Waals surface area contributed by atoms with Gasteiger partial charge in [-0.25, -0.2) is 9.18 Å². The summed E-state index contributed by atoms with van der Waals surface area (Å²) in [5, 5.41) is 4.85. The molecule has 0 aliphatic carbocycles. The van der Waals surface area contributed by atoms with Gasteiger partial charge in [-0.2, -0.15) is 13.2 Å². The first-order valence-electron chi connectivity index (χ1n) is 11.9. The van der Waals surface area contributed by atoms with Crippen molar-refractivity contribution >= 4 is 29.3 Å². The lowest BCUT2D eigenvalue weighted by Crippen LogP contribution is -2.57. The molecule has 2 aromatic rings. The number of halogens is 4. The van der Waals surface area contributed by atoms with E-state index in [0.717, 1.165) is 4.90 Å². The van der Waals surface area contributed by atoms with Crippen LogP contribution in [-0.2, 0) is 20.7 Å². The number of hydrogen-bond donors (Lipinski definition) is 2. The van der Waals surface area contributed by atoms with Gasteiger partial charge in [-0.3, -0.25) is 9.59 Å². The molecule has 3 rings (SSSR count). The zero-order valence-electron chi connectivity index (χ0n) is 21.4. The lowest BCUT2D eigenvalue weighted by Gasteiger charge is -2.29. The summed E-state index contributed by atoms with van der Waals surface area (Å²) in [4.78, 5) is 41.2. The number of hydrogen-bond acceptors (Lipinski definition) is 5. The number of alkyl halides is 3. The number of carbonyl (C=O) groups is 3. The molecule has 1 aliphatic rings. The zero-order chi connectivity index (χ0) is 28.3. The van der Waals surface area contributed by atoms with Gasteiger partial charge in [0.05, 0.1) is 11.4 Å². The van der Waals surface area contributed by atoms with E-state index < -0.39 is 60.7 Å². The van der Waals surface area contributed by atoms with Gasteiger partial charge in [0.15, 0.2) is 0 Å². The van der Waals surface area contributed by atoms with Crippen molar-refractivity contribution in [2.75, 3.05) is 29.9 Å². The maximum absolute atomic E-state index is 14.4. The molecule has 2 aromatic carbocycles. The second-order valence-electron chi connectivity index (χ2n) is 9.94. The van der Waals surface area contributed by atoms with E-state index in [1.807, 2.05) is 0 Å². The van der Waals surface area contributed by atoms with Crippen LogP contribution in [0.1, 0.15) is 26.3 Å². The van der Waals surface area contributed by atoms with Crippen LogP contribution in [0, 0.1) is 5.82 Å². The van der Waals surface area contributed by atoms with Crippen molar-refractivity contribution in [2.24, 2.45) is 0 Å². The lowest BCUT2D eigenvalue weighted by molar-refractivity contribution is -0.129. The molecule has 1 aliphatic heterocycles. The molecule has 8 nitrogen and oxygen atoms in total. The Morgan fingerprint density at radius 2 is 1.66 bits per heavy atom. The molecule has 12 heteroatoms. The summed E-state index contributed by atoms with van der Waals surface area (Å²) in [6.45, 7) is 3.01. The Morgan fingerprint density at radius 1 is 1.05 bits per heavy atom. The Morgan fingerprint density at radius 3 is 2.26 bits per heavy atom. The number of para-hydroxylation sites is 2. The van der Waals surface area contributed by atoms with Crippen molar-refractivity contribution in [3.8, 4) is 0 Å². The summed E-state index contributed by atoms with van der Waals surface area (Å²) in [5.74, 6) is -2.16. The average Bonchev–Trinajstić information content (AvgIpc) is 2.89. The van der Waals surface area contributed by atoms with Crippen molar-refractivity contribution in [1.82, 2.24) is 10.6 Å². The molecule has 0 fully saturated rings. The van der Waals surface area contributed by atoms with Crippen LogP contribution in [0.3, 0.4) is 0 Å². The number of nitrogens with one attached hydrogen (secondary N) is 2. The normalized spacial score (nSPS) is 16.8. The van der Waals surface area contributed by atoms with Crippen molar-refractivity contribution in [1.29, 1.82) is 0 Å². The molecule has 2 atom stereocenters. The Kier molecular flexibility index (Phi) is 8.53. The van der Waals surface area contributed by atoms with Gasteiger partial charge in [-0.1, -0.05) is 30.3 Å². The van der Waals surface area contributed by atoms with Crippen LogP contribution in [0.15, 0.2) is 48.5 Å². The van der Waals surface area contributed by atoms with Crippen molar-refractivity contribution in [2.45, 2.75) is 51.1 Å². The van der Waals surface area contributed by atoms with E-state index in [4.69, 9.17) is 4.74 Å². The van der Waals surface area contributed by atoms with Gasteiger partial charge >= 0.3 is 12.3 Å². The first-order valence-corrected chi connectivity index (χ1v) is 11.9. The molecule has 0 aromatic heterocycles. The minimum atomic E-state index is -4.58. The zero-order valence-corrected chi connectivity index (χ0v) is 21.4. The fourth-order valence-corrected chi connectivity index (χ4v) is 4.05. The van der Waals surface area contributed by atoms with Crippen LogP contribution in [0.25, 0.3) is 0 Å². The predicted octanol–water partition coefficient (Wildman–Crippen LogP) is 3.79. The molecule has 1 heterocycles. The summed E-state index contributed by atoms with van der Waals surface area (Å²) < 4.78 is 59.8. The van der Waals surface area contributed by atoms with Crippen LogP contribution in [0.2, 0.25) is 0 Å². The minimum absolute atomic E-state index is 0.110. The first kappa shape index (κ1) is 28.7. The van der Waals surface area contributed by atoms with Crippen LogP contribution < -0.4 is 20.4 Å². The highest BCUT2D eigenvalue weighted by atomic mass is 19.4. The standard InChI is InChI=1S/C26H30F4N4O4/c1-25(2,3)38-24(37)32-18(13-16-9-5-6-10-17(16)27)22(35)31-19-14-34(15-26(28,29)30)21-12-8-7-11-20(21)33(4)23(19)36/h5-12,18-19H,13-15H2,1-4H3,(H,31,35)(H,32,37)/t18-,19-/m1/s1. The van der Waals surface area contributed by atoms with Gasteiger partial charge in [-0.15, -0.1) is 0 Å². The summed E-state index contributed by atoms with van der Waals surface area (Å²) in [5.41, 5.74) is -0.368. The molecular weight excluding hydrogens is 508 g/mol. The maximum atomic E-state index is 14.4. The number of anilines is 2. The Bertz CT molecular complexity index is 1180. The fraction of sp³-hybridized carbons (Fsp3) is 0.423. The van der Waals surface area contributed by atoms with Gasteiger partial charge in [0.1, 0.15) is 30.0 Å². The Hall–Kier alpha value is -3.83. The van der Waals surface area contributed by atoms with E-state index in [1.165, 1.54) is 42.3 Å². The van der Waals surface area contributed by atoms with Crippen molar-refractivity contribution < 1.29 is 36.7 Å². The summed E-state index contributed by atoms with van der Waals surface area (Å²) >= 11 is 0. The largest absolute Gasteiger partial charge is 0.444 e. The molecular formula is C26H30F4N4O4. The van der Waals surface area contributed by atoms with Gasteiger partial charge in [0, 0.05) is 20.0 Å². The van der Waals surface area contributed by atoms with E-state index in [0.29, 0.717) is 0 Å². The number of likely N-dealkylation sites (N-methyl/N-ethyl adjacent to an activating group) is 1. The van der Waals surface area contributed by atoms with E-state index in [2.05, 4.69) is 10.6 Å². The average molecular weight is 539 g/mol. The van der Waals surface area contributed by atoms with Crippen molar-refractivity contribution in [3.05, 3.63) is 59.9 Å². The highest BCUT2D eigenvalue weighted by molar-refractivity contribution is 6.03. The first-order chi connectivity index (χ1) is 17.6. The Balaban J connectivity index is 1.89. The molecule has 0 bridgehead atoms. The number of fused-ring (bicyclic) bond motifs is 1. The quantitative estimate of drug-likeness (QED) is 0.547. The molecule has 0 saturated carbocycles. The molecule has 0 spiro atoms. The maximum Gasteiger partial charge on any atom is 0.408 e. The number of alkyl carbamates (subject to hydrolysis) is 1. The number of carbonyl (C=O) groups excluding carboxylic acids is 3. The third-order valence-electron chi connectivity index (χ3n) is 5.69. The van der Waals surface area contributed by atoms with E-state index in [9.17, 15) is 31.9 Å². The van der Waals surface area contributed by atoms with E-state index >= 15 is 0 Å². The van der Waals surface area contributed by atoms with Crippen molar-refractivity contribution in [3.63, 3.8) is 0 Å². The summed E-state index contributed by atoms with van der Waals surface area (Å²) in [6.07, 6.45) is -5.83. The molecule has 2 N–H and O–H groups in total. The van der Waals surface area contributed by atoms with E-state index in [-0.39, 0.29) is 23.4 Å². The topological polar surface area (TPSA) is 91.0 Å². The monoisotopic (exact) mass is 538 g/mol. The number of benzene rings is 2. The second-order valence-corrected chi connectivity index (χ2v) is 9.94. The van der Waals surface area contributed by atoms with Crippen LogP contribution in [0.4, 0.5) is 33.7 Å². The van der Waals surface area contributed by atoms with Crippen LogP contribution >= 0.6 is 0 Å². The van der Waals surface area contributed by atoms with Crippen LogP contribution in [-0.4, -0.2) is 61.9 Å². The molecule has 0 radical (unpaired) electrons. The highest BCUT2D eigenvalue weighted by Gasteiger charge is 2.39. The molecule has 0 saturated heterocycles. The number of amides is 3. The predicted molar refractivity (Wildman–Crippen MR) is 133 cm³/mol. The highest BCUT2D eigenvalue weighted by Crippen LogP contribution is 2.33. The van der Waals surface area contributed by atoms with Gasteiger partial charge in [-0.05, 0) is 44.5 Å². The third-order valence-corrected chi connectivity index (χ3v) is 5.69.